The van der Waals surface area contributed by atoms with Gasteiger partial charge in [0.2, 0.25) is 0 Å². The van der Waals surface area contributed by atoms with Gasteiger partial charge in [0.15, 0.2) is 0 Å². The summed E-state index contributed by atoms with van der Waals surface area (Å²) >= 11 is 0. The zero-order valence-electron chi connectivity index (χ0n) is 11.6. The minimum Gasteiger partial charge on any atom is -0.457 e. The van der Waals surface area contributed by atoms with Crippen molar-refractivity contribution >= 4 is 0 Å². The average molecular weight is 240 g/mol. The van der Waals surface area contributed by atoms with E-state index in [-0.39, 0.29) is 0 Å². The Kier molecular flexibility index (Phi) is 3.71. The number of ether oxygens (including phenoxy) is 1. The van der Waals surface area contributed by atoms with E-state index in [9.17, 15) is 0 Å². The highest BCUT2D eigenvalue weighted by atomic mass is 16.5. The van der Waals surface area contributed by atoms with Crippen LogP contribution >= 0.6 is 0 Å². The smallest absolute Gasteiger partial charge is 0.130 e. The van der Waals surface area contributed by atoms with Crippen LogP contribution in [0.4, 0.5) is 0 Å². The summed E-state index contributed by atoms with van der Waals surface area (Å²) in [7, 11) is 0. The van der Waals surface area contributed by atoms with Gasteiger partial charge in [0.05, 0.1) is 0 Å². The molecule has 0 radical (unpaired) electrons. The van der Waals surface area contributed by atoms with Crippen LogP contribution < -0.4 is 4.74 Å². The van der Waals surface area contributed by atoms with Crippen molar-refractivity contribution in [1.82, 2.24) is 0 Å². The largest absolute Gasteiger partial charge is 0.457 e. The first-order valence-corrected chi connectivity index (χ1v) is 6.45. The zero-order valence-corrected chi connectivity index (χ0v) is 11.6. The summed E-state index contributed by atoms with van der Waals surface area (Å²) in [5.74, 6) is 1.92. The molecule has 1 nitrogen and oxygen atoms in total. The second kappa shape index (κ2) is 5.26. The Hall–Kier alpha value is -1.76. The van der Waals surface area contributed by atoms with Crippen LogP contribution in [0.1, 0.15) is 29.2 Å². The predicted octanol–water partition coefficient (Wildman–Crippen LogP) is 4.97. The third kappa shape index (κ3) is 2.56. The highest BCUT2D eigenvalue weighted by molar-refractivity contribution is 5.44. The molecule has 0 heterocycles. The Morgan fingerprint density at radius 1 is 0.889 bits per heavy atom. The van der Waals surface area contributed by atoms with E-state index in [1.54, 1.807) is 0 Å². The zero-order chi connectivity index (χ0) is 13.1. The topological polar surface area (TPSA) is 9.23 Å². The van der Waals surface area contributed by atoms with E-state index in [0.717, 1.165) is 17.9 Å². The van der Waals surface area contributed by atoms with Crippen LogP contribution in [0.5, 0.6) is 11.5 Å². The minimum atomic E-state index is 0.945. The molecule has 0 bridgehead atoms. The van der Waals surface area contributed by atoms with Gasteiger partial charge in [0, 0.05) is 0 Å². The Morgan fingerprint density at radius 3 is 2.33 bits per heavy atom. The molecule has 0 spiro atoms. The van der Waals surface area contributed by atoms with E-state index >= 15 is 0 Å². The molecule has 1 heteroatoms. The molecule has 0 aromatic heterocycles. The molecule has 0 aliphatic carbocycles. The predicted molar refractivity (Wildman–Crippen MR) is 76.5 cm³/mol. The second-order valence-electron chi connectivity index (χ2n) is 4.78. The first-order chi connectivity index (χ1) is 8.61. The van der Waals surface area contributed by atoms with Gasteiger partial charge in [-0.3, -0.25) is 0 Å². The molecule has 0 N–H and O–H groups in total. The standard InChI is InChI=1S/C17H20O/c1-5-15-13(3)7-6-8-17(15)18-16-10-9-12(2)11-14(16)4/h6-11H,5H2,1-4H3. The number of hydrogen-bond donors (Lipinski definition) is 0. The maximum atomic E-state index is 6.07. The summed E-state index contributed by atoms with van der Waals surface area (Å²) in [6.45, 7) is 8.48. The fraction of sp³-hybridized carbons (Fsp3) is 0.294. The van der Waals surface area contributed by atoms with Crippen molar-refractivity contribution < 1.29 is 4.74 Å². The highest BCUT2D eigenvalue weighted by Gasteiger charge is 2.07. The lowest BCUT2D eigenvalue weighted by Gasteiger charge is -2.14. The van der Waals surface area contributed by atoms with Crippen molar-refractivity contribution in [2.75, 3.05) is 0 Å². The first-order valence-electron chi connectivity index (χ1n) is 6.45. The van der Waals surface area contributed by atoms with E-state index in [1.807, 2.05) is 18.2 Å². The molecule has 0 aliphatic heterocycles. The molecular weight excluding hydrogens is 220 g/mol. The van der Waals surface area contributed by atoms with Gasteiger partial charge in [-0.25, -0.2) is 0 Å². The Bertz CT molecular complexity index is 556. The maximum Gasteiger partial charge on any atom is 0.130 e. The van der Waals surface area contributed by atoms with Crippen molar-refractivity contribution in [2.45, 2.75) is 34.1 Å². The summed E-state index contributed by atoms with van der Waals surface area (Å²) in [6.07, 6.45) is 0.993. The van der Waals surface area contributed by atoms with E-state index in [4.69, 9.17) is 4.74 Å². The van der Waals surface area contributed by atoms with Crippen LogP contribution in [0.25, 0.3) is 0 Å². The number of rotatable bonds is 3. The van der Waals surface area contributed by atoms with Crippen molar-refractivity contribution in [1.29, 1.82) is 0 Å². The van der Waals surface area contributed by atoms with Gasteiger partial charge < -0.3 is 4.74 Å². The molecule has 18 heavy (non-hydrogen) atoms. The Morgan fingerprint density at radius 2 is 1.67 bits per heavy atom. The third-order valence-corrected chi connectivity index (χ3v) is 3.27. The first kappa shape index (κ1) is 12.7. The summed E-state index contributed by atoms with van der Waals surface area (Å²) in [6, 6.07) is 12.5. The van der Waals surface area contributed by atoms with Crippen LogP contribution in [-0.2, 0) is 6.42 Å². The Balaban J connectivity index is 2.37. The molecule has 0 saturated carbocycles. The van der Waals surface area contributed by atoms with Gasteiger partial charge in [-0.05, 0) is 56.0 Å². The second-order valence-corrected chi connectivity index (χ2v) is 4.78. The van der Waals surface area contributed by atoms with Crippen LogP contribution in [0.2, 0.25) is 0 Å². The summed E-state index contributed by atoms with van der Waals surface area (Å²) in [5, 5.41) is 0. The lowest BCUT2D eigenvalue weighted by Crippen LogP contribution is -1.95. The van der Waals surface area contributed by atoms with Crippen molar-refractivity contribution in [3.05, 3.63) is 58.7 Å². The molecule has 2 rings (SSSR count). The Labute approximate surface area is 109 Å². The summed E-state index contributed by atoms with van der Waals surface area (Å²) in [4.78, 5) is 0. The van der Waals surface area contributed by atoms with Crippen LogP contribution in [0.3, 0.4) is 0 Å². The third-order valence-electron chi connectivity index (χ3n) is 3.27. The molecule has 0 unspecified atom stereocenters. The van der Waals surface area contributed by atoms with Gasteiger partial charge >= 0.3 is 0 Å². The van der Waals surface area contributed by atoms with Gasteiger partial charge in [-0.2, -0.15) is 0 Å². The van der Waals surface area contributed by atoms with Gasteiger partial charge in [0.25, 0.3) is 0 Å². The summed E-state index contributed by atoms with van der Waals surface area (Å²) < 4.78 is 6.07. The molecule has 94 valence electrons. The normalized spacial score (nSPS) is 10.4. The monoisotopic (exact) mass is 240 g/mol. The van der Waals surface area contributed by atoms with Gasteiger partial charge in [0.1, 0.15) is 11.5 Å². The molecule has 2 aromatic rings. The van der Waals surface area contributed by atoms with Crippen molar-refractivity contribution in [2.24, 2.45) is 0 Å². The van der Waals surface area contributed by atoms with Gasteiger partial charge in [-0.15, -0.1) is 0 Å². The molecule has 0 fully saturated rings. The van der Waals surface area contributed by atoms with Gasteiger partial charge in [-0.1, -0.05) is 36.8 Å². The SMILES string of the molecule is CCc1c(C)cccc1Oc1ccc(C)cc1C. The van der Waals surface area contributed by atoms with Crippen LogP contribution in [0.15, 0.2) is 36.4 Å². The molecule has 2 aromatic carbocycles. The highest BCUT2D eigenvalue weighted by Crippen LogP contribution is 2.30. The maximum absolute atomic E-state index is 6.07. The fourth-order valence-corrected chi connectivity index (χ4v) is 2.26. The molecule has 0 saturated heterocycles. The fourth-order valence-electron chi connectivity index (χ4n) is 2.26. The molecule has 0 aliphatic rings. The van der Waals surface area contributed by atoms with E-state index in [1.165, 1.54) is 22.3 Å². The molecule has 0 atom stereocenters. The van der Waals surface area contributed by atoms with Crippen LogP contribution in [-0.4, -0.2) is 0 Å². The average Bonchev–Trinajstić information content (AvgIpc) is 2.33. The quantitative estimate of drug-likeness (QED) is 0.736. The van der Waals surface area contributed by atoms with E-state index in [2.05, 4.69) is 45.9 Å². The number of hydrogen-bond acceptors (Lipinski definition) is 1. The van der Waals surface area contributed by atoms with E-state index < -0.39 is 0 Å². The molecular formula is C17H20O. The molecule has 0 amide bonds. The van der Waals surface area contributed by atoms with Crippen molar-refractivity contribution in [3.63, 3.8) is 0 Å². The minimum absolute atomic E-state index is 0.945. The number of benzene rings is 2. The number of aryl methyl sites for hydroxylation is 3. The summed E-state index contributed by atoms with van der Waals surface area (Å²) in [5.41, 5.74) is 5.02. The van der Waals surface area contributed by atoms with Crippen LogP contribution in [0, 0.1) is 20.8 Å². The lowest BCUT2D eigenvalue weighted by molar-refractivity contribution is 0.472. The lowest BCUT2D eigenvalue weighted by atomic mass is 10.1. The van der Waals surface area contributed by atoms with Crippen molar-refractivity contribution in [3.8, 4) is 11.5 Å². The van der Waals surface area contributed by atoms with E-state index in [0.29, 0.717) is 0 Å².